The molecule has 0 radical (unpaired) electrons. The first-order valence-electron chi connectivity index (χ1n) is 7.53. The van der Waals surface area contributed by atoms with Crippen LogP contribution in [0.5, 0.6) is 0 Å². The fraction of sp³-hybridized carbons (Fsp3) is 0.250. The molecule has 1 aromatic carbocycles. The number of anilines is 1. The number of carboxylic acid groups (broad SMARTS) is 1. The van der Waals surface area contributed by atoms with Gasteiger partial charge in [0.25, 0.3) is 5.91 Å². The van der Waals surface area contributed by atoms with E-state index in [-0.39, 0.29) is 21.0 Å². The first-order chi connectivity index (χ1) is 11.8. The van der Waals surface area contributed by atoms with E-state index >= 15 is 0 Å². The van der Waals surface area contributed by atoms with Crippen LogP contribution in [0, 0.1) is 0 Å². The smallest absolute Gasteiger partial charge is 0.337 e. The van der Waals surface area contributed by atoms with Crippen molar-refractivity contribution in [1.82, 2.24) is 4.31 Å². The molecule has 0 spiro atoms. The van der Waals surface area contributed by atoms with E-state index in [1.807, 2.05) is 0 Å². The molecule has 134 valence electrons. The number of rotatable bonds is 7. The van der Waals surface area contributed by atoms with Crippen molar-refractivity contribution in [2.75, 3.05) is 18.4 Å². The molecule has 0 fully saturated rings. The summed E-state index contributed by atoms with van der Waals surface area (Å²) in [6.07, 6.45) is 0. The zero-order valence-electron chi connectivity index (χ0n) is 13.7. The van der Waals surface area contributed by atoms with Crippen LogP contribution < -0.4 is 5.32 Å². The van der Waals surface area contributed by atoms with Gasteiger partial charge >= 0.3 is 5.97 Å². The molecule has 0 aliphatic heterocycles. The lowest BCUT2D eigenvalue weighted by molar-refractivity contribution is 0.0698. The predicted octanol–water partition coefficient (Wildman–Crippen LogP) is 2.73. The van der Waals surface area contributed by atoms with E-state index in [0.29, 0.717) is 13.1 Å². The summed E-state index contributed by atoms with van der Waals surface area (Å²) in [5.74, 6) is -1.72. The topological polar surface area (TPSA) is 104 Å². The second-order valence-electron chi connectivity index (χ2n) is 5.04. The third kappa shape index (κ3) is 4.06. The Morgan fingerprint density at radius 1 is 1.20 bits per heavy atom. The van der Waals surface area contributed by atoms with Gasteiger partial charge in [-0.15, -0.1) is 11.3 Å². The van der Waals surface area contributed by atoms with Gasteiger partial charge in [0.05, 0.1) is 21.0 Å². The van der Waals surface area contributed by atoms with Crippen LogP contribution >= 0.6 is 11.3 Å². The second-order valence-corrected chi connectivity index (χ2v) is 7.89. The first-order valence-corrected chi connectivity index (χ1v) is 9.85. The normalized spacial score (nSPS) is 11.5. The highest BCUT2D eigenvalue weighted by Gasteiger charge is 2.24. The Hall–Kier alpha value is -2.23. The summed E-state index contributed by atoms with van der Waals surface area (Å²) < 4.78 is 26.2. The summed E-state index contributed by atoms with van der Waals surface area (Å²) in [6.45, 7) is 4.15. The van der Waals surface area contributed by atoms with Crippen molar-refractivity contribution in [2.45, 2.75) is 18.7 Å². The lowest BCUT2D eigenvalue weighted by Crippen LogP contribution is -2.30. The molecule has 0 aliphatic carbocycles. The molecule has 0 saturated carbocycles. The molecule has 1 heterocycles. The third-order valence-corrected chi connectivity index (χ3v) is 6.65. The Morgan fingerprint density at radius 3 is 2.44 bits per heavy atom. The Balaban J connectivity index is 2.26. The molecule has 1 amide bonds. The molecule has 25 heavy (non-hydrogen) atoms. The Kier molecular flexibility index (Phi) is 5.93. The van der Waals surface area contributed by atoms with Crippen LogP contribution in [0.2, 0.25) is 0 Å². The number of nitrogens with one attached hydrogen (secondary N) is 1. The molecule has 2 aromatic rings. The van der Waals surface area contributed by atoms with Gasteiger partial charge in [-0.2, -0.15) is 4.31 Å². The molecule has 2 rings (SSSR count). The molecule has 0 aliphatic rings. The summed E-state index contributed by atoms with van der Waals surface area (Å²) in [5, 5.41) is 13.1. The number of thiophene rings is 1. The van der Waals surface area contributed by atoms with Crippen molar-refractivity contribution >= 4 is 38.9 Å². The Labute approximate surface area is 150 Å². The molecular formula is C16H18N2O5S2. The van der Waals surface area contributed by atoms with Gasteiger partial charge in [0, 0.05) is 18.5 Å². The predicted molar refractivity (Wildman–Crippen MR) is 95.8 cm³/mol. The highest BCUT2D eigenvalue weighted by molar-refractivity contribution is 7.89. The minimum Gasteiger partial charge on any atom is -0.478 e. The number of sulfonamides is 1. The van der Waals surface area contributed by atoms with E-state index < -0.39 is 21.9 Å². The van der Waals surface area contributed by atoms with Crippen molar-refractivity contribution in [1.29, 1.82) is 0 Å². The number of benzene rings is 1. The Bertz CT molecular complexity index is 885. The summed E-state index contributed by atoms with van der Waals surface area (Å²) in [4.78, 5) is 23.8. The van der Waals surface area contributed by atoms with Crippen molar-refractivity contribution in [3.8, 4) is 0 Å². The van der Waals surface area contributed by atoms with E-state index in [1.54, 1.807) is 26.0 Å². The lowest BCUT2D eigenvalue weighted by Gasteiger charge is -2.17. The molecule has 7 nitrogen and oxygen atoms in total. The Morgan fingerprint density at radius 2 is 1.84 bits per heavy atom. The van der Waals surface area contributed by atoms with Gasteiger partial charge in [-0.05, 0) is 18.2 Å². The van der Waals surface area contributed by atoms with E-state index in [9.17, 15) is 18.0 Å². The van der Waals surface area contributed by atoms with Crippen LogP contribution in [0.4, 0.5) is 5.69 Å². The number of carboxylic acids is 1. The SMILES string of the molecule is CCN(CC)S(=O)(=O)c1csc(C(=O)Nc2ccccc2C(=O)O)c1. The molecule has 0 bridgehead atoms. The maximum Gasteiger partial charge on any atom is 0.337 e. The number of hydrogen-bond donors (Lipinski definition) is 2. The molecule has 0 unspecified atom stereocenters. The summed E-state index contributed by atoms with van der Waals surface area (Å²) in [6, 6.07) is 7.31. The van der Waals surface area contributed by atoms with Crippen molar-refractivity contribution in [3.05, 3.63) is 46.2 Å². The summed E-state index contributed by atoms with van der Waals surface area (Å²) in [5.41, 5.74) is 0.116. The molecule has 1 aromatic heterocycles. The van der Waals surface area contributed by atoms with E-state index in [2.05, 4.69) is 5.32 Å². The van der Waals surface area contributed by atoms with E-state index in [0.717, 1.165) is 11.3 Å². The van der Waals surface area contributed by atoms with Crippen LogP contribution in [0.15, 0.2) is 40.6 Å². The number of aromatic carboxylic acids is 1. The fourth-order valence-corrected chi connectivity index (χ4v) is 4.86. The van der Waals surface area contributed by atoms with Crippen molar-refractivity contribution in [3.63, 3.8) is 0 Å². The van der Waals surface area contributed by atoms with Crippen LogP contribution in [0.1, 0.15) is 33.9 Å². The third-order valence-electron chi connectivity index (χ3n) is 3.55. The number of amides is 1. The summed E-state index contributed by atoms with van der Waals surface area (Å²) in [7, 11) is -3.64. The average Bonchev–Trinajstić information content (AvgIpc) is 3.07. The van der Waals surface area contributed by atoms with Crippen LogP contribution in [0.25, 0.3) is 0 Å². The number of hydrogen-bond acceptors (Lipinski definition) is 5. The van der Waals surface area contributed by atoms with E-state index in [1.165, 1.54) is 27.9 Å². The first kappa shape index (κ1) is 19.1. The van der Waals surface area contributed by atoms with Gasteiger partial charge < -0.3 is 10.4 Å². The van der Waals surface area contributed by atoms with Crippen molar-refractivity contribution < 1.29 is 23.1 Å². The van der Waals surface area contributed by atoms with Gasteiger partial charge in [0.2, 0.25) is 10.0 Å². The molecular weight excluding hydrogens is 364 g/mol. The second kappa shape index (κ2) is 7.77. The van der Waals surface area contributed by atoms with Gasteiger partial charge in [-0.1, -0.05) is 26.0 Å². The summed E-state index contributed by atoms with van der Waals surface area (Å²) >= 11 is 0.991. The zero-order chi connectivity index (χ0) is 18.6. The minimum absolute atomic E-state index is 0.0385. The largest absolute Gasteiger partial charge is 0.478 e. The van der Waals surface area contributed by atoms with Gasteiger partial charge in [0.1, 0.15) is 0 Å². The molecule has 0 saturated heterocycles. The zero-order valence-corrected chi connectivity index (χ0v) is 15.4. The highest BCUT2D eigenvalue weighted by Crippen LogP contribution is 2.24. The van der Waals surface area contributed by atoms with E-state index in [4.69, 9.17) is 5.11 Å². The van der Waals surface area contributed by atoms with Crippen LogP contribution in [-0.2, 0) is 10.0 Å². The molecule has 2 N–H and O–H groups in total. The van der Waals surface area contributed by atoms with Gasteiger partial charge in [-0.3, -0.25) is 4.79 Å². The number of nitrogens with zero attached hydrogens (tertiary/aromatic N) is 1. The molecule has 0 atom stereocenters. The van der Waals surface area contributed by atoms with Gasteiger partial charge in [-0.25, -0.2) is 13.2 Å². The average molecular weight is 382 g/mol. The number of carbonyl (C=O) groups excluding carboxylic acids is 1. The standard InChI is InChI=1S/C16H18N2O5S2/c1-3-18(4-2)25(22,23)11-9-14(24-10-11)15(19)17-13-8-6-5-7-12(13)16(20)21/h5-10H,3-4H2,1-2H3,(H,17,19)(H,20,21). The molecule has 9 heteroatoms. The highest BCUT2D eigenvalue weighted by atomic mass is 32.2. The lowest BCUT2D eigenvalue weighted by atomic mass is 10.2. The minimum atomic E-state index is -3.64. The maximum absolute atomic E-state index is 12.5. The fourth-order valence-electron chi connectivity index (χ4n) is 2.25. The number of carbonyl (C=O) groups is 2. The quantitative estimate of drug-likeness (QED) is 0.766. The monoisotopic (exact) mass is 382 g/mol. The van der Waals surface area contributed by atoms with Crippen LogP contribution in [-0.4, -0.2) is 42.8 Å². The van der Waals surface area contributed by atoms with Gasteiger partial charge in [0.15, 0.2) is 0 Å². The van der Waals surface area contributed by atoms with Crippen LogP contribution in [0.3, 0.4) is 0 Å². The maximum atomic E-state index is 12.5. The number of para-hydroxylation sites is 1. The van der Waals surface area contributed by atoms with Crippen molar-refractivity contribution in [2.24, 2.45) is 0 Å².